The van der Waals surface area contributed by atoms with Crippen LogP contribution in [0, 0.1) is 0 Å². The molecule has 0 saturated carbocycles. The molecule has 1 aromatic rings. The molecule has 0 amide bonds. The van der Waals surface area contributed by atoms with Crippen LogP contribution in [0.1, 0.15) is 25.5 Å². The predicted molar refractivity (Wildman–Crippen MR) is 88.0 cm³/mol. The van der Waals surface area contributed by atoms with Crippen LogP contribution < -0.4 is 9.16 Å². The lowest BCUT2D eigenvalue weighted by atomic mass is 10.1. The lowest BCUT2D eigenvalue weighted by Crippen LogP contribution is -2.29. The smallest absolute Gasteiger partial charge is 0.339 e. The number of carbonyl (C=O) groups is 1. The van der Waals surface area contributed by atoms with E-state index in [2.05, 4.69) is 19.6 Å². The summed E-state index contributed by atoms with van der Waals surface area (Å²) in [5.74, 6) is 0.878. The van der Waals surface area contributed by atoms with Gasteiger partial charge in [0.05, 0.1) is 13.7 Å². The van der Waals surface area contributed by atoms with E-state index in [1.54, 1.807) is 20.1 Å². The molecule has 0 aliphatic carbocycles. The Morgan fingerprint density at radius 1 is 1.14 bits per heavy atom. The summed E-state index contributed by atoms with van der Waals surface area (Å²) < 4.78 is 22.0. The molecule has 0 saturated heterocycles. The lowest BCUT2D eigenvalue weighted by Gasteiger charge is -2.22. The molecule has 0 aromatic heterocycles. The Labute approximate surface area is 133 Å². The van der Waals surface area contributed by atoms with Crippen LogP contribution in [0.2, 0.25) is 19.6 Å². The molecule has 6 heteroatoms. The van der Waals surface area contributed by atoms with Gasteiger partial charge in [-0.25, -0.2) is 4.79 Å². The highest BCUT2D eigenvalue weighted by atomic mass is 28.4. The van der Waals surface area contributed by atoms with E-state index in [-0.39, 0.29) is 0 Å². The van der Waals surface area contributed by atoms with Crippen LogP contribution in [0.3, 0.4) is 0 Å². The van der Waals surface area contributed by atoms with Gasteiger partial charge in [-0.1, -0.05) is 6.07 Å². The Morgan fingerprint density at radius 3 is 2.32 bits per heavy atom. The molecule has 1 unspecified atom stereocenters. The van der Waals surface area contributed by atoms with E-state index in [4.69, 9.17) is 18.6 Å². The van der Waals surface area contributed by atoms with Gasteiger partial charge in [0.15, 0.2) is 11.9 Å². The molecule has 124 valence electrons. The molecule has 1 aromatic carbocycles. The highest BCUT2D eigenvalue weighted by Crippen LogP contribution is 2.33. The number of carbonyl (C=O) groups excluding carboxylic acids is 1. The fourth-order valence-corrected chi connectivity index (χ4v) is 2.77. The van der Waals surface area contributed by atoms with Crippen LogP contribution in [-0.2, 0) is 14.3 Å². The average molecular weight is 326 g/mol. The van der Waals surface area contributed by atoms with Crippen LogP contribution >= 0.6 is 0 Å². The highest BCUT2D eigenvalue weighted by molar-refractivity contribution is 6.70. The van der Waals surface area contributed by atoms with E-state index in [0.717, 1.165) is 0 Å². The van der Waals surface area contributed by atoms with Crippen molar-refractivity contribution in [3.63, 3.8) is 0 Å². The van der Waals surface area contributed by atoms with Crippen molar-refractivity contribution in [1.82, 2.24) is 0 Å². The Morgan fingerprint density at radius 2 is 1.82 bits per heavy atom. The van der Waals surface area contributed by atoms with Crippen molar-refractivity contribution in [2.45, 2.75) is 39.6 Å². The summed E-state index contributed by atoms with van der Waals surface area (Å²) in [4.78, 5) is 12.0. The predicted octanol–water partition coefficient (Wildman–Crippen LogP) is 3.55. The summed E-state index contributed by atoms with van der Waals surface area (Å²) >= 11 is 0. The molecule has 0 bridgehead atoms. The fourth-order valence-electron chi connectivity index (χ4n) is 1.95. The maximum atomic E-state index is 12.0. The van der Waals surface area contributed by atoms with E-state index < -0.39 is 20.4 Å². The number of benzene rings is 1. The maximum Gasteiger partial charge on any atom is 0.339 e. The number of ether oxygens (including phenoxy) is 3. The molecule has 0 heterocycles. The number of hydrogen-bond acceptors (Lipinski definition) is 5. The first kappa shape index (κ1) is 18.5. The minimum atomic E-state index is -1.74. The number of methoxy groups -OCH3 is 1. The first-order valence-corrected chi connectivity index (χ1v) is 10.9. The Balaban J connectivity index is 3.10. The minimum Gasteiger partial charge on any atom is -0.542 e. The molecule has 5 nitrogen and oxygen atoms in total. The normalized spacial score (nSPS) is 12.6. The van der Waals surface area contributed by atoms with Crippen LogP contribution in [-0.4, -0.2) is 34.6 Å². The third-order valence-electron chi connectivity index (χ3n) is 2.74. The van der Waals surface area contributed by atoms with E-state index in [1.807, 2.05) is 19.1 Å². The van der Waals surface area contributed by atoms with Gasteiger partial charge in [0.1, 0.15) is 5.75 Å². The van der Waals surface area contributed by atoms with E-state index in [1.165, 1.54) is 0 Å². The van der Waals surface area contributed by atoms with Crippen molar-refractivity contribution < 1.29 is 23.4 Å². The van der Waals surface area contributed by atoms with Gasteiger partial charge in [0.25, 0.3) is 0 Å². The quantitative estimate of drug-likeness (QED) is 0.540. The molecule has 22 heavy (non-hydrogen) atoms. The fraction of sp³-hybridized carbons (Fsp3) is 0.562. The van der Waals surface area contributed by atoms with Crippen molar-refractivity contribution >= 4 is 14.3 Å². The van der Waals surface area contributed by atoms with E-state index in [9.17, 15) is 4.79 Å². The van der Waals surface area contributed by atoms with Crippen molar-refractivity contribution in [3.8, 4) is 11.5 Å². The summed E-state index contributed by atoms with van der Waals surface area (Å²) in [6.07, 6.45) is -0.750. The molecule has 0 fully saturated rings. The van der Waals surface area contributed by atoms with Gasteiger partial charge in [-0.15, -0.1) is 0 Å². The highest BCUT2D eigenvalue weighted by Gasteiger charge is 2.25. The van der Waals surface area contributed by atoms with Crippen LogP contribution in [0.25, 0.3) is 0 Å². The van der Waals surface area contributed by atoms with Gasteiger partial charge >= 0.3 is 5.97 Å². The number of esters is 1. The van der Waals surface area contributed by atoms with Crippen LogP contribution in [0.4, 0.5) is 0 Å². The number of hydrogen-bond donors (Lipinski definition) is 0. The van der Waals surface area contributed by atoms with Gasteiger partial charge in [0.2, 0.25) is 8.32 Å². The third kappa shape index (κ3) is 5.34. The second-order valence-corrected chi connectivity index (χ2v) is 10.1. The second-order valence-electron chi connectivity index (χ2n) is 5.71. The Kier molecular flexibility index (Phi) is 6.89. The summed E-state index contributed by atoms with van der Waals surface area (Å²) in [6.45, 7) is 10.6. The van der Waals surface area contributed by atoms with Crippen LogP contribution in [0.5, 0.6) is 11.5 Å². The van der Waals surface area contributed by atoms with Gasteiger partial charge in [0, 0.05) is 6.61 Å². The zero-order valence-electron chi connectivity index (χ0n) is 14.3. The molecule has 0 aliphatic rings. The topological polar surface area (TPSA) is 54.0 Å². The van der Waals surface area contributed by atoms with Crippen molar-refractivity contribution in [1.29, 1.82) is 0 Å². The summed E-state index contributed by atoms with van der Waals surface area (Å²) in [5, 5.41) is 0. The van der Waals surface area contributed by atoms with Crippen LogP contribution in [0.15, 0.2) is 18.2 Å². The van der Waals surface area contributed by atoms with Gasteiger partial charge in [-0.05, 0) is 51.2 Å². The zero-order valence-corrected chi connectivity index (χ0v) is 15.3. The lowest BCUT2D eigenvalue weighted by molar-refractivity contribution is -0.157. The molecule has 1 rings (SSSR count). The average Bonchev–Trinajstić information content (AvgIpc) is 2.44. The summed E-state index contributed by atoms with van der Waals surface area (Å²) in [5.41, 5.74) is 0.695. The van der Waals surface area contributed by atoms with Crippen molar-refractivity contribution in [3.05, 3.63) is 23.8 Å². The first-order chi connectivity index (χ1) is 10.3. The van der Waals surface area contributed by atoms with Crippen molar-refractivity contribution in [2.24, 2.45) is 0 Å². The summed E-state index contributed by atoms with van der Waals surface area (Å²) in [7, 11) is -0.163. The molecular formula is C16H26O5Si. The van der Waals surface area contributed by atoms with Gasteiger partial charge < -0.3 is 18.6 Å². The van der Waals surface area contributed by atoms with Gasteiger partial charge in [-0.2, -0.15) is 0 Å². The van der Waals surface area contributed by atoms with E-state index >= 15 is 0 Å². The molecule has 0 spiro atoms. The molecular weight excluding hydrogens is 300 g/mol. The molecule has 1 atom stereocenters. The SMILES string of the molecule is CCOC(=O)C(OCC)c1ccc(O[Si](C)(C)C)c(OC)c1. The largest absolute Gasteiger partial charge is 0.542 e. The molecule has 0 aliphatic heterocycles. The monoisotopic (exact) mass is 326 g/mol. The van der Waals surface area contributed by atoms with Gasteiger partial charge in [-0.3, -0.25) is 0 Å². The molecule has 0 N–H and O–H groups in total. The summed E-state index contributed by atoms with van der Waals surface area (Å²) in [6, 6.07) is 5.40. The first-order valence-electron chi connectivity index (χ1n) is 7.47. The number of rotatable bonds is 8. The van der Waals surface area contributed by atoms with E-state index in [0.29, 0.717) is 30.3 Å². The standard InChI is InChI=1S/C16H26O5Si/c1-7-19-15(16(17)20-8-2)12-9-10-13(14(11-12)18-3)21-22(4,5)6/h9-11,15H,7-8H2,1-6H3. The zero-order chi connectivity index (χ0) is 16.8. The molecule has 0 radical (unpaired) electrons. The Bertz CT molecular complexity index is 496. The minimum absolute atomic E-state index is 0.316. The van der Waals surface area contributed by atoms with Crippen molar-refractivity contribution in [2.75, 3.05) is 20.3 Å². The second kappa shape index (κ2) is 8.19. The Hall–Kier alpha value is -1.53. The third-order valence-corrected chi connectivity index (χ3v) is 3.57. The maximum absolute atomic E-state index is 12.0.